The summed E-state index contributed by atoms with van der Waals surface area (Å²) in [5.41, 5.74) is 6.81. The number of carbonyl (C=O) groups is 2. The molecule has 0 aromatic heterocycles. The summed E-state index contributed by atoms with van der Waals surface area (Å²) >= 11 is 0. The molecular formula is C15H22N2O3. The molecule has 0 bridgehead atoms. The first-order valence-corrected chi connectivity index (χ1v) is 6.84. The standard InChI is InChI=1S/C15H22N2O3/c1-2-6-12(15(19)20)10-17-14(18)13(16)9-11-7-4-3-5-8-11/h3-5,7-8,12-13H,2,6,9-10,16H2,1H3,(H,17,18)(H,19,20). The van der Waals surface area contributed by atoms with E-state index in [0.29, 0.717) is 12.8 Å². The van der Waals surface area contributed by atoms with Crippen LogP contribution in [0.4, 0.5) is 0 Å². The van der Waals surface area contributed by atoms with E-state index in [1.807, 2.05) is 37.3 Å². The number of hydrogen-bond donors (Lipinski definition) is 3. The number of amides is 1. The van der Waals surface area contributed by atoms with Crippen molar-refractivity contribution < 1.29 is 14.7 Å². The molecule has 110 valence electrons. The molecule has 1 aromatic rings. The van der Waals surface area contributed by atoms with Gasteiger partial charge in [0.25, 0.3) is 0 Å². The topological polar surface area (TPSA) is 92.4 Å². The molecule has 2 atom stereocenters. The Morgan fingerprint density at radius 1 is 1.30 bits per heavy atom. The third-order valence-electron chi connectivity index (χ3n) is 3.14. The van der Waals surface area contributed by atoms with Crippen molar-refractivity contribution in [2.75, 3.05) is 6.54 Å². The van der Waals surface area contributed by atoms with E-state index in [1.54, 1.807) is 0 Å². The molecule has 0 spiro atoms. The van der Waals surface area contributed by atoms with E-state index in [0.717, 1.165) is 12.0 Å². The lowest BCUT2D eigenvalue weighted by atomic mass is 10.0. The van der Waals surface area contributed by atoms with Crippen molar-refractivity contribution in [3.05, 3.63) is 35.9 Å². The van der Waals surface area contributed by atoms with Gasteiger partial charge >= 0.3 is 5.97 Å². The van der Waals surface area contributed by atoms with E-state index in [4.69, 9.17) is 10.8 Å². The normalized spacial score (nSPS) is 13.5. The average Bonchev–Trinajstić information content (AvgIpc) is 2.43. The Hall–Kier alpha value is -1.88. The molecule has 0 saturated carbocycles. The molecule has 0 aliphatic carbocycles. The quantitative estimate of drug-likeness (QED) is 0.665. The number of benzene rings is 1. The maximum atomic E-state index is 11.8. The minimum atomic E-state index is -0.885. The van der Waals surface area contributed by atoms with Crippen molar-refractivity contribution in [1.82, 2.24) is 5.32 Å². The van der Waals surface area contributed by atoms with Crippen molar-refractivity contribution in [2.45, 2.75) is 32.2 Å². The first-order chi connectivity index (χ1) is 9.54. The molecule has 0 heterocycles. The number of carbonyl (C=O) groups excluding carboxylic acids is 1. The van der Waals surface area contributed by atoms with Crippen LogP contribution in [0.25, 0.3) is 0 Å². The summed E-state index contributed by atoms with van der Waals surface area (Å²) in [6.45, 7) is 2.05. The second kappa shape index (κ2) is 8.32. The van der Waals surface area contributed by atoms with Gasteiger partial charge in [0.15, 0.2) is 0 Å². The van der Waals surface area contributed by atoms with Crippen molar-refractivity contribution in [1.29, 1.82) is 0 Å². The lowest BCUT2D eigenvalue weighted by Gasteiger charge is -2.15. The Labute approximate surface area is 119 Å². The number of hydrogen-bond acceptors (Lipinski definition) is 3. The Morgan fingerprint density at radius 2 is 1.95 bits per heavy atom. The van der Waals surface area contributed by atoms with Crippen LogP contribution in [0.5, 0.6) is 0 Å². The van der Waals surface area contributed by atoms with Crippen LogP contribution >= 0.6 is 0 Å². The van der Waals surface area contributed by atoms with Gasteiger partial charge in [0, 0.05) is 6.54 Å². The first-order valence-electron chi connectivity index (χ1n) is 6.84. The van der Waals surface area contributed by atoms with Gasteiger partial charge in [-0.2, -0.15) is 0 Å². The van der Waals surface area contributed by atoms with Crippen molar-refractivity contribution in [3.63, 3.8) is 0 Å². The van der Waals surface area contributed by atoms with Crippen LogP contribution in [-0.2, 0) is 16.0 Å². The lowest BCUT2D eigenvalue weighted by Crippen LogP contribution is -2.44. The molecule has 0 saturated heterocycles. The third-order valence-corrected chi connectivity index (χ3v) is 3.14. The minimum Gasteiger partial charge on any atom is -0.481 e. The Morgan fingerprint density at radius 3 is 2.50 bits per heavy atom. The van der Waals surface area contributed by atoms with Gasteiger partial charge in [-0.25, -0.2) is 0 Å². The summed E-state index contributed by atoms with van der Waals surface area (Å²) < 4.78 is 0. The molecule has 0 aliphatic heterocycles. The lowest BCUT2D eigenvalue weighted by molar-refractivity contribution is -0.142. The van der Waals surface area contributed by atoms with E-state index in [-0.39, 0.29) is 12.5 Å². The Bertz CT molecular complexity index is 434. The molecule has 4 N–H and O–H groups in total. The fourth-order valence-electron chi connectivity index (χ4n) is 1.98. The van der Waals surface area contributed by atoms with Crippen LogP contribution in [0.3, 0.4) is 0 Å². The summed E-state index contributed by atoms with van der Waals surface area (Å²) in [6, 6.07) is 8.84. The number of carboxylic acids is 1. The maximum Gasteiger partial charge on any atom is 0.308 e. The number of rotatable bonds is 8. The molecule has 5 heteroatoms. The molecule has 1 rings (SSSR count). The zero-order valence-corrected chi connectivity index (χ0v) is 11.7. The number of nitrogens with two attached hydrogens (primary N) is 1. The molecule has 1 aromatic carbocycles. The average molecular weight is 278 g/mol. The summed E-state index contributed by atoms with van der Waals surface area (Å²) in [6.07, 6.45) is 1.75. The summed E-state index contributed by atoms with van der Waals surface area (Å²) in [5, 5.41) is 11.6. The summed E-state index contributed by atoms with van der Waals surface area (Å²) in [4.78, 5) is 22.8. The number of aliphatic carboxylic acids is 1. The predicted molar refractivity (Wildman–Crippen MR) is 77.2 cm³/mol. The monoisotopic (exact) mass is 278 g/mol. The van der Waals surface area contributed by atoms with Gasteiger partial charge in [0.1, 0.15) is 0 Å². The predicted octanol–water partition coefficient (Wildman–Crippen LogP) is 1.17. The molecule has 20 heavy (non-hydrogen) atoms. The van der Waals surface area contributed by atoms with Crippen molar-refractivity contribution >= 4 is 11.9 Å². The van der Waals surface area contributed by atoms with Crippen LogP contribution < -0.4 is 11.1 Å². The van der Waals surface area contributed by atoms with E-state index in [2.05, 4.69) is 5.32 Å². The molecular weight excluding hydrogens is 256 g/mol. The Kier molecular flexibility index (Phi) is 6.73. The van der Waals surface area contributed by atoms with Gasteiger partial charge in [-0.3, -0.25) is 9.59 Å². The van der Waals surface area contributed by atoms with E-state index in [1.165, 1.54) is 0 Å². The molecule has 0 fully saturated rings. The van der Waals surface area contributed by atoms with Gasteiger partial charge in [0.05, 0.1) is 12.0 Å². The van der Waals surface area contributed by atoms with Gasteiger partial charge < -0.3 is 16.2 Å². The van der Waals surface area contributed by atoms with E-state index in [9.17, 15) is 9.59 Å². The fourth-order valence-corrected chi connectivity index (χ4v) is 1.98. The molecule has 5 nitrogen and oxygen atoms in total. The Balaban J connectivity index is 2.43. The van der Waals surface area contributed by atoms with Crippen molar-refractivity contribution in [2.24, 2.45) is 11.7 Å². The molecule has 2 unspecified atom stereocenters. The smallest absolute Gasteiger partial charge is 0.308 e. The second-order valence-corrected chi connectivity index (χ2v) is 4.87. The third kappa shape index (κ3) is 5.40. The van der Waals surface area contributed by atoms with Crippen LogP contribution in [0, 0.1) is 5.92 Å². The van der Waals surface area contributed by atoms with E-state index >= 15 is 0 Å². The first kappa shape index (κ1) is 16.2. The highest BCUT2D eigenvalue weighted by molar-refractivity contribution is 5.82. The fraction of sp³-hybridized carbons (Fsp3) is 0.467. The SMILES string of the molecule is CCCC(CNC(=O)C(N)Cc1ccccc1)C(=O)O. The maximum absolute atomic E-state index is 11.8. The highest BCUT2D eigenvalue weighted by Gasteiger charge is 2.19. The molecule has 0 radical (unpaired) electrons. The van der Waals surface area contributed by atoms with Gasteiger partial charge in [0.2, 0.25) is 5.91 Å². The zero-order valence-electron chi connectivity index (χ0n) is 11.7. The molecule has 1 amide bonds. The minimum absolute atomic E-state index is 0.129. The largest absolute Gasteiger partial charge is 0.481 e. The van der Waals surface area contributed by atoms with E-state index < -0.39 is 17.9 Å². The van der Waals surface area contributed by atoms with Crippen molar-refractivity contribution in [3.8, 4) is 0 Å². The van der Waals surface area contributed by atoms with Gasteiger partial charge in [-0.1, -0.05) is 43.7 Å². The summed E-state index contributed by atoms with van der Waals surface area (Å²) in [7, 11) is 0. The van der Waals surface area contributed by atoms with Crippen LogP contribution in [0.1, 0.15) is 25.3 Å². The highest BCUT2D eigenvalue weighted by atomic mass is 16.4. The number of nitrogens with one attached hydrogen (secondary N) is 1. The van der Waals surface area contributed by atoms with Gasteiger partial charge in [-0.05, 0) is 18.4 Å². The highest BCUT2D eigenvalue weighted by Crippen LogP contribution is 2.06. The second-order valence-electron chi connectivity index (χ2n) is 4.87. The van der Waals surface area contributed by atoms with Gasteiger partial charge in [-0.15, -0.1) is 0 Å². The number of carboxylic acid groups (broad SMARTS) is 1. The summed E-state index contributed by atoms with van der Waals surface area (Å²) in [5.74, 6) is -1.74. The van der Waals surface area contributed by atoms with Crippen LogP contribution in [0.2, 0.25) is 0 Å². The van der Waals surface area contributed by atoms with Crippen LogP contribution in [0.15, 0.2) is 30.3 Å². The van der Waals surface area contributed by atoms with Crippen LogP contribution in [-0.4, -0.2) is 29.6 Å². The zero-order chi connectivity index (χ0) is 15.0. The molecule has 0 aliphatic rings.